The van der Waals surface area contributed by atoms with Crippen molar-refractivity contribution in [2.24, 2.45) is 5.92 Å². The van der Waals surface area contributed by atoms with Gasteiger partial charge in [-0.25, -0.2) is 0 Å². The van der Waals surface area contributed by atoms with Crippen LogP contribution in [0.3, 0.4) is 0 Å². The first-order valence-electron chi connectivity index (χ1n) is 8.39. The van der Waals surface area contributed by atoms with Crippen LogP contribution in [-0.2, 0) is 14.3 Å². The number of likely N-dealkylation sites (tertiary alicyclic amines) is 1. The van der Waals surface area contributed by atoms with Crippen molar-refractivity contribution in [2.75, 3.05) is 6.61 Å². The molecule has 3 fully saturated rings. The minimum atomic E-state index is -0.342. The first-order valence-corrected chi connectivity index (χ1v) is 8.39. The van der Waals surface area contributed by atoms with Crippen LogP contribution >= 0.6 is 0 Å². The highest BCUT2D eigenvalue weighted by Gasteiger charge is 2.46. The number of amides is 2. The average Bonchev–Trinajstić information content (AvgIpc) is 3.16. The Kier molecular flexibility index (Phi) is 4.31. The number of imide groups is 1. The molecule has 3 aliphatic rings. The van der Waals surface area contributed by atoms with E-state index in [4.69, 9.17) is 4.74 Å². The van der Waals surface area contributed by atoms with Crippen LogP contribution < -0.4 is 5.32 Å². The summed E-state index contributed by atoms with van der Waals surface area (Å²) in [5.74, 6) is 0.607. The zero-order chi connectivity index (χ0) is 15.0. The van der Waals surface area contributed by atoms with Crippen molar-refractivity contribution in [3.63, 3.8) is 0 Å². The number of nitrogens with zero attached hydrogens (tertiary/aromatic N) is 1. The number of carbonyl (C=O) groups is 2. The van der Waals surface area contributed by atoms with Gasteiger partial charge in [0.25, 0.3) is 0 Å². The summed E-state index contributed by atoms with van der Waals surface area (Å²) in [4.78, 5) is 26.2. The van der Waals surface area contributed by atoms with Gasteiger partial charge in [0, 0.05) is 18.7 Å². The van der Waals surface area contributed by atoms with Crippen LogP contribution in [0.25, 0.3) is 0 Å². The average molecular weight is 294 g/mol. The number of hydrogen-bond donors (Lipinski definition) is 1. The third-order valence-corrected chi connectivity index (χ3v) is 5.13. The highest BCUT2D eigenvalue weighted by Crippen LogP contribution is 2.39. The maximum atomic E-state index is 12.6. The molecule has 3 unspecified atom stereocenters. The maximum absolute atomic E-state index is 12.6. The molecule has 0 spiro atoms. The van der Waals surface area contributed by atoms with E-state index in [0.29, 0.717) is 12.3 Å². The third-order valence-electron chi connectivity index (χ3n) is 5.13. The summed E-state index contributed by atoms with van der Waals surface area (Å²) in [6, 6.07) is -0.0530. The Morgan fingerprint density at radius 3 is 2.57 bits per heavy atom. The number of carbonyl (C=O) groups excluding carboxylic acids is 2. The molecular weight excluding hydrogens is 268 g/mol. The van der Waals surface area contributed by atoms with Gasteiger partial charge in [0.1, 0.15) is 0 Å². The smallest absolute Gasteiger partial charge is 0.247 e. The molecule has 0 aromatic carbocycles. The predicted octanol–water partition coefficient (Wildman–Crippen LogP) is 1.46. The molecule has 1 aliphatic carbocycles. The second-order valence-corrected chi connectivity index (χ2v) is 6.56. The first-order chi connectivity index (χ1) is 10.2. The lowest BCUT2D eigenvalue weighted by Gasteiger charge is -2.26. The van der Waals surface area contributed by atoms with E-state index in [1.165, 1.54) is 17.7 Å². The lowest BCUT2D eigenvalue weighted by atomic mass is 10.0. The summed E-state index contributed by atoms with van der Waals surface area (Å²) in [6.45, 7) is 4.83. The van der Waals surface area contributed by atoms with Crippen molar-refractivity contribution in [2.45, 2.75) is 76.6 Å². The van der Waals surface area contributed by atoms with Gasteiger partial charge in [-0.2, -0.15) is 0 Å². The Balaban J connectivity index is 1.64. The molecule has 2 saturated heterocycles. The quantitative estimate of drug-likeness (QED) is 0.754. The zero-order valence-corrected chi connectivity index (χ0v) is 13.0. The van der Waals surface area contributed by atoms with E-state index in [1.54, 1.807) is 0 Å². The Bertz CT molecular complexity index is 418. The van der Waals surface area contributed by atoms with Gasteiger partial charge in [-0.05, 0) is 38.0 Å². The van der Waals surface area contributed by atoms with Crippen LogP contribution in [0.1, 0.15) is 52.4 Å². The van der Waals surface area contributed by atoms with E-state index in [0.717, 1.165) is 25.9 Å². The molecule has 2 aliphatic heterocycles. The summed E-state index contributed by atoms with van der Waals surface area (Å²) in [5, 5.41) is 3.43. The second kappa shape index (κ2) is 6.05. The normalized spacial score (nSPS) is 33.5. The van der Waals surface area contributed by atoms with Gasteiger partial charge in [0.05, 0.1) is 18.6 Å². The van der Waals surface area contributed by atoms with E-state index in [9.17, 15) is 9.59 Å². The van der Waals surface area contributed by atoms with Gasteiger partial charge in [-0.15, -0.1) is 0 Å². The van der Waals surface area contributed by atoms with E-state index in [1.807, 2.05) is 13.8 Å². The number of rotatable bonds is 6. The minimum Gasteiger partial charge on any atom is -0.376 e. The van der Waals surface area contributed by atoms with Crippen molar-refractivity contribution in [1.82, 2.24) is 10.2 Å². The van der Waals surface area contributed by atoms with E-state index < -0.39 is 0 Å². The molecule has 118 valence electrons. The number of hydrogen-bond acceptors (Lipinski definition) is 4. The monoisotopic (exact) mass is 294 g/mol. The lowest BCUT2D eigenvalue weighted by molar-refractivity contribution is -0.141. The summed E-state index contributed by atoms with van der Waals surface area (Å²) in [7, 11) is 0. The highest BCUT2D eigenvalue weighted by atomic mass is 16.5. The van der Waals surface area contributed by atoms with Crippen LogP contribution in [0.5, 0.6) is 0 Å². The molecule has 3 rings (SSSR count). The van der Waals surface area contributed by atoms with Crippen LogP contribution in [0.15, 0.2) is 0 Å². The van der Waals surface area contributed by atoms with E-state index in [-0.39, 0.29) is 36.0 Å². The molecule has 3 atom stereocenters. The predicted molar refractivity (Wildman–Crippen MR) is 78.6 cm³/mol. The SMILES string of the molecule is CCC(CC)N1C(=O)CC(NC2CCOC2C2CC2)C1=O. The summed E-state index contributed by atoms with van der Waals surface area (Å²) < 4.78 is 5.81. The maximum Gasteiger partial charge on any atom is 0.247 e. The fourth-order valence-electron chi connectivity index (χ4n) is 3.76. The molecule has 0 aromatic rings. The van der Waals surface area contributed by atoms with Crippen LogP contribution in [0.4, 0.5) is 0 Å². The Labute approximate surface area is 126 Å². The number of ether oxygens (including phenoxy) is 1. The van der Waals surface area contributed by atoms with Crippen LogP contribution in [0.2, 0.25) is 0 Å². The van der Waals surface area contributed by atoms with Crippen molar-refractivity contribution in [1.29, 1.82) is 0 Å². The number of nitrogens with one attached hydrogen (secondary N) is 1. The van der Waals surface area contributed by atoms with Gasteiger partial charge < -0.3 is 4.74 Å². The molecule has 21 heavy (non-hydrogen) atoms. The summed E-state index contributed by atoms with van der Waals surface area (Å²) in [6.07, 6.45) is 5.64. The van der Waals surface area contributed by atoms with Crippen molar-refractivity contribution in [3.8, 4) is 0 Å². The molecule has 0 bridgehead atoms. The van der Waals surface area contributed by atoms with Crippen molar-refractivity contribution >= 4 is 11.8 Å². The van der Waals surface area contributed by atoms with Crippen molar-refractivity contribution < 1.29 is 14.3 Å². The zero-order valence-electron chi connectivity index (χ0n) is 13.0. The molecule has 0 radical (unpaired) electrons. The van der Waals surface area contributed by atoms with Crippen LogP contribution in [0, 0.1) is 5.92 Å². The Morgan fingerprint density at radius 2 is 1.95 bits per heavy atom. The molecular formula is C16H26N2O3. The standard InChI is InChI=1S/C16H26N2O3/c1-3-11(4-2)18-14(19)9-13(16(18)20)17-12-7-8-21-15(12)10-5-6-10/h10-13,15,17H,3-9H2,1-2H3. The molecule has 0 aromatic heterocycles. The molecule has 1 saturated carbocycles. The van der Waals surface area contributed by atoms with Crippen LogP contribution in [-0.4, -0.2) is 47.6 Å². The molecule has 2 heterocycles. The molecule has 2 amide bonds. The Morgan fingerprint density at radius 1 is 1.24 bits per heavy atom. The molecule has 5 nitrogen and oxygen atoms in total. The second-order valence-electron chi connectivity index (χ2n) is 6.56. The third kappa shape index (κ3) is 2.86. The van der Waals surface area contributed by atoms with Gasteiger partial charge in [-0.1, -0.05) is 13.8 Å². The first kappa shape index (κ1) is 15.0. The van der Waals surface area contributed by atoms with Crippen molar-refractivity contribution in [3.05, 3.63) is 0 Å². The molecule has 1 N–H and O–H groups in total. The van der Waals surface area contributed by atoms with E-state index >= 15 is 0 Å². The topological polar surface area (TPSA) is 58.6 Å². The summed E-state index contributed by atoms with van der Waals surface area (Å²) >= 11 is 0. The highest BCUT2D eigenvalue weighted by molar-refractivity contribution is 6.05. The van der Waals surface area contributed by atoms with Gasteiger partial charge in [0.2, 0.25) is 11.8 Å². The Hall–Kier alpha value is -0.940. The largest absolute Gasteiger partial charge is 0.376 e. The fraction of sp³-hybridized carbons (Fsp3) is 0.875. The van der Waals surface area contributed by atoms with Gasteiger partial charge >= 0.3 is 0 Å². The molecule has 5 heteroatoms. The van der Waals surface area contributed by atoms with Gasteiger partial charge in [0.15, 0.2) is 0 Å². The minimum absolute atomic E-state index is 0.0203. The van der Waals surface area contributed by atoms with E-state index in [2.05, 4.69) is 5.32 Å². The lowest BCUT2D eigenvalue weighted by Crippen LogP contribution is -2.49. The fourth-order valence-corrected chi connectivity index (χ4v) is 3.76. The van der Waals surface area contributed by atoms with Gasteiger partial charge in [-0.3, -0.25) is 19.8 Å². The summed E-state index contributed by atoms with van der Waals surface area (Å²) in [5.41, 5.74) is 0.